The minimum absolute atomic E-state index is 0.0249. The first-order chi connectivity index (χ1) is 26.4. The zero-order valence-electron chi connectivity index (χ0n) is 34.5. The van der Waals surface area contributed by atoms with E-state index >= 15 is 0 Å². The Hall–Kier alpha value is -2.49. The summed E-state index contributed by atoms with van der Waals surface area (Å²) in [6.45, 7) is 13.2. The molecule has 13 nitrogen and oxygen atoms in total. The van der Waals surface area contributed by atoms with Gasteiger partial charge in [-0.1, -0.05) is 44.6 Å². The zero-order valence-corrected chi connectivity index (χ0v) is 34.5. The third-order valence-corrected chi connectivity index (χ3v) is 12.8. The van der Waals surface area contributed by atoms with Gasteiger partial charge in [-0.15, -0.1) is 6.58 Å². The number of ketones is 1. The molecule has 3 aliphatic heterocycles. The second-order valence-electron chi connectivity index (χ2n) is 17.2. The van der Waals surface area contributed by atoms with Crippen LogP contribution < -0.4 is 0 Å². The molecule has 1 aliphatic carbocycles. The summed E-state index contributed by atoms with van der Waals surface area (Å²) in [5, 5.41) is 56.0. The molecule has 1 amide bonds. The summed E-state index contributed by atoms with van der Waals surface area (Å²) in [7, 11) is 3.08. The fraction of sp³-hybridized carbons (Fsp3) is 0.791. The second kappa shape index (κ2) is 20.5. The summed E-state index contributed by atoms with van der Waals surface area (Å²) in [6, 6.07) is -1.10. The minimum atomic E-state index is -2.33. The van der Waals surface area contributed by atoms with Crippen LogP contribution >= 0.6 is 0 Å². The van der Waals surface area contributed by atoms with Crippen LogP contribution in [0.5, 0.6) is 0 Å². The summed E-state index contributed by atoms with van der Waals surface area (Å²) in [4.78, 5) is 43.7. The second-order valence-corrected chi connectivity index (χ2v) is 17.2. The first-order valence-electron chi connectivity index (χ1n) is 20.6. The number of Topliss-reactive ketones (excluding diaryl/α,β-unsaturated/α-hetero) is 1. The van der Waals surface area contributed by atoms with Gasteiger partial charge in [0.05, 0.1) is 30.5 Å². The molecule has 4 aliphatic rings. The number of amides is 1. The molecule has 4 rings (SSSR count). The minimum Gasteiger partial charge on any atom is -0.456 e. The highest BCUT2D eigenvalue weighted by molar-refractivity contribution is 5.88. The van der Waals surface area contributed by atoms with Crippen LogP contribution in [0.2, 0.25) is 0 Å². The molecule has 1 saturated carbocycles. The van der Waals surface area contributed by atoms with Crippen LogP contribution in [0.15, 0.2) is 36.0 Å². The summed E-state index contributed by atoms with van der Waals surface area (Å²) < 4.78 is 24.3. The quantitative estimate of drug-likeness (QED) is 0.194. The van der Waals surface area contributed by atoms with Gasteiger partial charge in [0.15, 0.2) is 6.10 Å². The highest BCUT2D eigenvalue weighted by Gasteiger charge is 2.56. The average Bonchev–Trinajstić information content (AvgIpc) is 3.16. The van der Waals surface area contributed by atoms with Gasteiger partial charge in [-0.2, -0.15) is 0 Å². The molecule has 2 saturated heterocycles. The number of methoxy groups -OCH3 is 2. The van der Waals surface area contributed by atoms with Crippen LogP contribution in [0.4, 0.5) is 0 Å². The summed E-state index contributed by atoms with van der Waals surface area (Å²) >= 11 is 0. The molecule has 15 unspecified atom stereocenters. The number of nitrogens with zero attached hydrogens (tertiary/aromatic N) is 1. The van der Waals surface area contributed by atoms with Crippen LogP contribution in [0, 0.1) is 29.6 Å². The largest absolute Gasteiger partial charge is 0.456 e. The van der Waals surface area contributed by atoms with E-state index in [9.17, 15) is 39.9 Å². The Balaban J connectivity index is 1.77. The van der Waals surface area contributed by atoms with Gasteiger partial charge in [-0.25, -0.2) is 4.79 Å². The first-order valence-corrected chi connectivity index (χ1v) is 20.6. The number of hydrogen-bond donors (Lipinski definition) is 5. The van der Waals surface area contributed by atoms with Gasteiger partial charge in [0.25, 0.3) is 5.91 Å². The number of piperidine rings is 1. The Bertz CT molecular complexity index is 1420. The lowest BCUT2D eigenvalue weighted by Crippen LogP contribution is -2.66. The molecule has 0 aromatic heterocycles. The maximum Gasteiger partial charge on any atom is 0.329 e. The number of aliphatic hydroxyl groups excluding tert-OH is 4. The number of fused-ring (bicyclic) bond motifs is 3. The molecular weight excluding hydrogens is 722 g/mol. The maximum absolute atomic E-state index is 14.3. The van der Waals surface area contributed by atoms with Crippen LogP contribution in [-0.4, -0.2) is 130 Å². The lowest BCUT2D eigenvalue weighted by Gasteiger charge is -2.49. The number of cyclic esters (lactones) is 1. The monoisotopic (exact) mass is 791 g/mol. The Morgan fingerprint density at radius 1 is 0.946 bits per heavy atom. The third kappa shape index (κ3) is 11.0. The standard InChI is InChI=1S/C43H69NO12/c1-9-12-30-18-24(2)17-25(3)19-36(53-7)39-37(54-8)21-27(5)43(52,56-39)40(49)41(50)44-16-11-10-13-31(44)42(51)55-38(28(6)33(46)23-34(30)47)26(4)20-29-14-15-32(45)35(48)22-29/h9,18,20,25,27-33,35-40,45-46,48-49,52H,1,10-17,19,21-23H2,2-8H3. The van der Waals surface area contributed by atoms with Gasteiger partial charge in [0.2, 0.25) is 5.79 Å². The molecule has 3 heterocycles. The Morgan fingerprint density at radius 2 is 1.62 bits per heavy atom. The van der Waals surface area contributed by atoms with Gasteiger partial charge >= 0.3 is 5.97 Å². The van der Waals surface area contributed by atoms with Crippen molar-refractivity contribution >= 4 is 17.7 Å². The van der Waals surface area contributed by atoms with E-state index in [0.29, 0.717) is 56.9 Å². The van der Waals surface area contributed by atoms with Gasteiger partial charge in [0, 0.05) is 44.9 Å². The van der Waals surface area contributed by atoms with E-state index in [1.165, 1.54) is 4.90 Å². The van der Waals surface area contributed by atoms with E-state index in [2.05, 4.69) is 6.58 Å². The molecule has 318 valence electrons. The number of allylic oxidation sites excluding steroid dienone is 4. The molecule has 5 N–H and O–H groups in total. The summed E-state index contributed by atoms with van der Waals surface area (Å²) in [6.07, 6.45) is 1.81. The van der Waals surface area contributed by atoms with Crippen molar-refractivity contribution in [1.82, 2.24) is 4.90 Å². The van der Waals surface area contributed by atoms with Crippen molar-refractivity contribution in [3.8, 4) is 0 Å². The Morgan fingerprint density at radius 3 is 2.27 bits per heavy atom. The van der Waals surface area contributed by atoms with Gasteiger partial charge in [0.1, 0.15) is 24.0 Å². The van der Waals surface area contributed by atoms with Crippen LogP contribution in [0.25, 0.3) is 0 Å². The number of hydrogen-bond acceptors (Lipinski definition) is 12. The molecule has 2 bridgehead atoms. The Kier molecular flexibility index (Phi) is 16.9. The lowest BCUT2D eigenvalue weighted by molar-refractivity contribution is -0.346. The Labute approximate surface area is 333 Å². The van der Waals surface area contributed by atoms with Crippen molar-refractivity contribution in [2.75, 3.05) is 20.8 Å². The summed E-state index contributed by atoms with van der Waals surface area (Å²) in [5.41, 5.74) is 1.57. The van der Waals surface area contributed by atoms with E-state index in [4.69, 9.17) is 18.9 Å². The van der Waals surface area contributed by atoms with E-state index in [-0.39, 0.29) is 43.4 Å². The molecule has 0 aromatic rings. The van der Waals surface area contributed by atoms with Crippen molar-refractivity contribution in [3.05, 3.63) is 36.0 Å². The first kappa shape index (κ1) is 46.2. The number of esters is 1. The smallest absolute Gasteiger partial charge is 0.329 e. The highest BCUT2D eigenvalue weighted by atomic mass is 16.7. The SMILES string of the molecule is C=CCC1C=C(C)CC(C)CC(OC)C2OC(O)(C(C)CC2OC)C(O)C(=O)N2CCCCC2C(=O)OC(C(C)=CC2CCC(O)C(O)C2)C(C)C(O)CC1=O. The van der Waals surface area contributed by atoms with Crippen molar-refractivity contribution in [1.29, 1.82) is 0 Å². The number of rotatable bonds is 6. The molecule has 3 fully saturated rings. The van der Waals surface area contributed by atoms with E-state index in [1.807, 2.05) is 26.0 Å². The lowest BCUT2D eigenvalue weighted by atomic mass is 9.81. The fourth-order valence-corrected chi connectivity index (χ4v) is 9.34. The molecule has 56 heavy (non-hydrogen) atoms. The molecule has 15 atom stereocenters. The van der Waals surface area contributed by atoms with Gasteiger partial charge in [-0.05, 0) is 95.5 Å². The molecule has 0 spiro atoms. The number of aliphatic hydroxyl groups is 5. The predicted molar refractivity (Wildman–Crippen MR) is 209 cm³/mol. The average molecular weight is 792 g/mol. The van der Waals surface area contributed by atoms with Crippen molar-refractivity contribution in [2.24, 2.45) is 29.6 Å². The van der Waals surface area contributed by atoms with E-state index in [1.54, 1.807) is 41.1 Å². The van der Waals surface area contributed by atoms with Crippen LogP contribution in [-0.2, 0) is 33.3 Å². The maximum atomic E-state index is 14.3. The van der Waals surface area contributed by atoms with Crippen molar-refractivity contribution < 1.29 is 58.9 Å². The van der Waals surface area contributed by atoms with Crippen molar-refractivity contribution in [3.63, 3.8) is 0 Å². The summed E-state index contributed by atoms with van der Waals surface area (Å²) in [5.74, 6) is -6.25. The molecule has 0 aromatic carbocycles. The topological polar surface area (TPSA) is 193 Å². The van der Waals surface area contributed by atoms with Crippen LogP contribution in [0.1, 0.15) is 105 Å². The number of ether oxygens (including phenoxy) is 4. The van der Waals surface area contributed by atoms with E-state index < -0.39 is 90.3 Å². The molecular formula is C43H69NO12. The van der Waals surface area contributed by atoms with Crippen LogP contribution in [0.3, 0.4) is 0 Å². The third-order valence-electron chi connectivity index (χ3n) is 12.8. The van der Waals surface area contributed by atoms with E-state index in [0.717, 1.165) is 5.57 Å². The zero-order chi connectivity index (χ0) is 41.5. The normalized spacial score (nSPS) is 41.9. The highest BCUT2D eigenvalue weighted by Crippen LogP contribution is 2.40. The molecule has 0 radical (unpaired) electrons. The van der Waals surface area contributed by atoms with Gasteiger partial charge < -0.3 is 49.4 Å². The fourth-order valence-electron chi connectivity index (χ4n) is 9.34. The molecule has 13 heteroatoms. The predicted octanol–water partition coefficient (Wildman–Crippen LogP) is 3.78. The number of carbonyl (C=O) groups is 3. The van der Waals surface area contributed by atoms with Gasteiger partial charge in [-0.3, -0.25) is 9.59 Å². The van der Waals surface area contributed by atoms with Crippen molar-refractivity contribution in [2.45, 2.75) is 166 Å². The number of carbonyl (C=O) groups excluding carboxylic acids is 3.